The third-order valence-corrected chi connectivity index (χ3v) is 6.14. The Morgan fingerprint density at radius 2 is 2.00 bits per heavy atom. The quantitative estimate of drug-likeness (QED) is 0.852. The average Bonchev–Trinajstić information content (AvgIpc) is 2.61. The molecule has 4 nitrogen and oxygen atoms in total. The number of nitrogens with one attached hydrogen (secondary N) is 1. The molecule has 1 aromatic rings. The van der Waals surface area contributed by atoms with Crippen LogP contribution in [0.25, 0.3) is 0 Å². The molecule has 0 bridgehead atoms. The highest BCUT2D eigenvalue weighted by molar-refractivity contribution is 9.10. The summed E-state index contributed by atoms with van der Waals surface area (Å²) in [6.45, 7) is 2.31. The van der Waals surface area contributed by atoms with Crippen LogP contribution in [0.15, 0.2) is 27.6 Å². The van der Waals surface area contributed by atoms with Gasteiger partial charge in [-0.15, -0.1) is 0 Å². The number of hydrogen-bond acceptors (Lipinski definition) is 3. The molecule has 3 rings (SSSR count). The van der Waals surface area contributed by atoms with E-state index in [1.807, 2.05) is 6.07 Å². The molecule has 98 valence electrons. The molecule has 0 atom stereocenters. The third kappa shape index (κ3) is 2.01. The van der Waals surface area contributed by atoms with E-state index in [-0.39, 0.29) is 6.04 Å². The molecule has 1 saturated heterocycles. The molecular formula is C12H15BrN2O2S. The van der Waals surface area contributed by atoms with Crippen molar-refractivity contribution in [1.29, 1.82) is 0 Å². The smallest absolute Gasteiger partial charge is 0.243 e. The van der Waals surface area contributed by atoms with Crippen molar-refractivity contribution in [2.75, 3.05) is 13.1 Å². The predicted molar refractivity (Wildman–Crippen MR) is 72.8 cm³/mol. The highest BCUT2D eigenvalue weighted by atomic mass is 79.9. The van der Waals surface area contributed by atoms with Gasteiger partial charge in [-0.1, -0.05) is 15.9 Å². The number of nitrogens with zero attached hydrogens (tertiary/aromatic N) is 1. The summed E-state index contributed by atoms with van der Waals surface area (Å²) >= 11 is 3.40. The lowest BCUT2D eigenvalue weighted by Gasteiger charge is -2.30. The summed E-state index contributed by atoms with van der Waals surface area (Å²) in [5, 5.41) is 3.27. The summed E-state index contributed by atoms with van der Waals surface area (Å²) in [7, 11) is -3.28. The first kappa shape index (κ1) is 12.6. The molecule has 2 aliphatic rings. The number of hydrogen-bond donors (Lipinski definition) is 1. The molecule has 6 heteroatoms. The number of fused-ring (bicyclic) bond motifs is 1. The molecule has 0 radical (unpaired) electrons. The zero-order valence-electron chi connectivity index (χ0n) is 9.89. The first-order chi connectivity index (χ1) is 8.59. The van der Waals surface area contributed by atoms with Crippen LogP contribution < -0.4 is 5.32 Å². The monoisotopic (exact) mass is 330 g/mol. The van der Waals surface area contributed by atoms with Gasteiger partial charge in [0.25, 0.3) is 0 Å². The Kier molecular flexibility index (Phi) is 3.21. The highest BCUT2D eigenvalue weighted by Gasteiger charge is 2.39. The minimum absolute atomic E-state index is 0.141. The van der Waals surface area contributed by atoms with E-state index in [4.69, 9.17) is 0 Å². The molecule has 2 heterocycles. The second kappa shape index (κ2) is 4.59. The van der Waals surface area contributed by atoms with Crippen molar-refractivity contribution in [2.24, 2.45) is 0 Å². The standard InChI is InChI=1S/C12H15BrN2O2S/c13-10-1-2-12-9(7-10)8-15(18(12,16)17)11-3-5-14-6-4-11/h1-2,7,11,14H,3-6,8H2. The van der Waals surface area contributed by atoms with Gasteiger partial charge in [-0.05, 0) is 49.7 Å². The van der Waals surface area contributed by atoms with Crippen LogP contribution in [0.4, 0.5) is 0 Å². The van der Waals surface area contributed by atoms with Crippen molar-refractivity contribution < 1.29 is 8.42 Å². The van der Waals surface area contributed by atoms with E-state index in [9.17, 15) is 8.42 Å². The average molecular weight is 331 g/mol. The summed E-state index contributed by atoms with van der Waals surface area (Å²) < 4.78 is 27.6. The van der Waals surface area contributed by atoms with Crippen LogP contribution in [0.5, 0.6) is 0 Å². The third-order valence-electron chi connectivity index (χ3n) is 3.65. The van der Waals surface area contributed by atoms with E-state index in [1.165, 1.54) is 0 Å². The summed E-state index contributed by atoms with van der Waals surface area (Å²) in [6, 6.07) is 5.55. The van der Waals surface area contributed by atoms with E-state index in [0.29, 0.717) is 11.4 Å². The molecule has 0 aromatic heterocycles. The molecule has 18 heavy (non-hydrogen) atoms. The molecular weight excluding hydrogens is 316 g/mol. The second-order valence-electron chi connectivity index (χ2n) is 4.78. The predicted octanol–water partition coefficient (Wildman–Crippen LogP) is 1.71. The van der Waals surface area contributed by atoms with Crippen molar-refractivity contribution in [3.8, 4) is 0 Å². The van der Waals surface area contributed by atoms with Crippen molar-refractivity contribution in [1.82, 2.24) is 9.62 Å². The van der Waals surface area contributed by atoms with Crippen LogP contribution in [-0.2, 0) is 16.6 Å². The molecule has 1 aromatic carbocycles. The highest BCUT2D eigenvalue weighted by Crippen LogP contribution is 2.35. The zero-order valence-corrected chi connectivity index (χ0v) is 12.3. The van der Waals surface area contributed by atoms with Gasteiger partial charge in [0.15, 0.2) is 0 Å². The summed E-state index contributed by atoms with van der Waals surface area (Å²) in [5.74, 6) is 0. The normalized spacial score (nSPS) is 24.1. The maximum absolute atomic E-state index is 12.5. The van der Waals surface area contributed by atoms with Crippen LogP contribution >= 0.6 is 15.9 Å². The van der Waals surface area contributed by atoms with Gasteiger partial charge in [-0.3, -0.25) is 0 Å². The minimum atomic E-state index is -3.28. The van der Waals surface area contributed by atoms with E-state index in [0.717, 1.165) is 36.0 Å². The van der Waals surface area contributed by atoms with E-state index < -0.39 is 10.0 Å². The fourth-order valence-corrected chi connectivity index (χ4v) is 4.99. The number of benzene rings is 1. The topological polar surface area (TPSA) is 49.4 Å². The zero-order chi connectivity index (χ0) is 12.8. The van der Waals surface area contributed by atoms with Crippen LogP contribution in [-0.4, -0.2) is 31.9 Å². The summed E-state index contributed by atoms with van der Waals surface area (Å²) in [6.07, 6.45) is 1.79. The van der Waals surface area contributed by atoms with Gasteiger partial charge in [0.1, 0.15) is 0 Å². The Hall–Kier alpha value is -0.430. The number of piperidine rings is 1. The molecule has 0 aliphatic carbocycles. The molecule has 0 spiro atoms. The van der Waals surface area contributed by atoms with Gasteiger partial charge >= 0.3 is 0 Å². The van der Waals surface area contributed by atoms with Gasteiger partial charge in [0.2, 0.25) is 10.0 Å². The number of rotatable bonds is 1. The first-order valence-corrected chi connectivity index (χ1v) is 8.33. The molecule has 0 amide bonds. The Labute approximate surface area is 116 Å². The lowest BCUT2D eigenvalue weighted by atomic mass is 10.1. The fourth-order valence-electron chi connectivity index (χ4n) is 2.72. The van der Waals surface area contributed by atoms with Crippen LogP contribution in [0.2, 0.25) is 0 Å². The van der Waals surface area contributed by atoms with Gasteiger partial charge in [0.05, 0.1) is 4.90 Å². The molecule has 0 unspecified atom stereocenters. The van der Waals surface area contributed by atoms with Gasteiger partial charge < -0.3 is 5.32 Å². The van der Waals surface area contributed by atoms with Crippen LogP contribution in [0.3, 0.4) is 0 Å². The van der Waals surface area contributed by atoms with Gasteiger partial charge in [-0.25, -0.2) is 8.42 Å². The molecule has 1 fully saturated rings. The van der Waals surface area contributed by atoms with Crippen LogP contribution in [0, 0.1) is 0 Å². The van der Waals surface area contributed by atoms with E-state index in [2.05, 4.69) is 21.2 Å². The SMILES string of the molecule is O=S1(=O)c2ccc(Br)cc2CN1C1CCNCC1. The second-order valence-corrected chi connectivity index (χ2v) is 7.56. The Balaban J connectivity index is 1.97. The Bertz CT molecular complexity index is 567. The lowest BCUT2D eigenvalue weighted by molar-refractivity contribution is 0.265. The first-order valence-electron chi connectivity index (χ1n) is 6.10. The van der Waals surface area contributed by atoms with Crippen LogP contribution in [0.1, 0.15) is 18.4 Å². The minimum Gasteiger partial charge on any atom is -0.317 e. The molecule has 2 aliphatic heterocycles. The lowest BCUT2D eigenvalue weighted by Crippen LogP contribution is -2.43. The van der Waals surface area contributed by atoms with E-state index >= 15 is 0 Å². The largest absolute Gasteiger partial charge is 0.317 e. The molecule has 0 saturated carbocycles. The maximum Gasteiger partial charge on any atom is 0.243 e. The van der Waals surface area contributed by atoms with Crippen molar-refractivity contribution in [3.63, 3.8) is 0 Å². The van der Waals surface area contributed by atoms with Gasteiger partial charge in [-0.2, -0.15) is 4.31 Å². The summed E-state index contributed by atoms with van der Waals surface area (Å²) in [4.78, 5) is 0.476. The van der Waals surface area contributed by atoms with Crippen molar-refractivity contribution in [2.45, 2.75) is 30.3 Å². The number of halogens is 1. The Morgan fingerprint density at radius 3 is 2.72 bits per heavy atom. The van der Waals surface area contributed by atoms with E-state index in [1.54, 1.807) is 16.4 Å². The summed E-state index contributed by atoms with van der Waals surface area (Å²) in [5.41, 5.74) is 0.905. The van der Waals surface area contributed by atoms with Crippen molar-refractivity contribution in [3.05, 3.63) is 28.2 Å². The molecule has 1 N–H and O–H groups in total. The van der Waals surface area contributed by atoms with Crippen molar-refractivity contribution >= 4 is 26.0 Å². The maximum atomic E-state index is 12.5. The fraction of sp³-hybridized carbons (Fsp3) is 0.500. The number of sulfonamides is 1. The Morgan fingerprint density at radius 1 is 1.28 bits per heavy atom. The van der Waals surface area contributed by atoms with Gasteiger partial charge in [0, 0.05) is 17.1 Å².